The minimum atomic E-state index is 0.169. The fourth-order valence-electron chi connectivity index (χ4n) is 1.78. The van der Waals surface area contributed by atoms with Crippen molar-refractivity contribution in [3.05, 3.63) is 23.9 Å². The van der Waals surface area contributed by atoms with E-state index in [1.807, 2.05) is 12.1 Å². The lowest BCUT2D eigenvalue weighted by Gasteiger charge is -2.25. The second-order valence-corrected chi connectivity index (χ2v) is 3.73. The maximum Gasteiger partial charge on any atom is 0.228 e. The van der Waals surface area contributed by atoms with E-state index in [0.29, 0.717) is 13.0 Å². The standard InChI is InChI=1S/C11H15N3O/c12-8-9-4-5-13-10(7-9)14-6-2-1-3-11(14)15/h4-5,7H,1-3,6,8,12H2. The molecule has 15 heavy (non-hydrogen) atoms. The molecule has 2 rings (SSSR count). The van der Waals surface area contributed by atoms with Crippen molar-refractivity contribution in [1.82, 2.24) is 4.98 Å². The third-order valence-corrected chi connectivity index (χ3v) is 2.65. The second-order valence-electron chi connectivity index (χ2n) is 3.73. The van der Waals surface area contributed by atoms with Gasteiger partial charge in [-0.2, -0.15) is 0 Å². The Morgan fingerprint density at radius 2 is 2.33 bits per heavy atom. The number of rotatable bonds is 2. The van der Waals surface area contributed by atoms with E-state index in [0.717, 1.165) is 30.8 Å². The first kappa shape index (κ1) is 10.1. The van der Waals surface area contributed by atoms with Crippen LogP contribution in [0.25, 0.3) is 0 Å². The van der Waals surface area contributed by atoms with Gasteiger partial charge in [0, 0.05) is 25.7 Å². The molecule has 0 saturated carbocycles. The fraction of sp³-hybridized carbons (Fsp3) is 0.455. The average Bonchev–Trinajstić information content (AvgIpc) is 2.30. The van der Waals surface area contributed by atoms with E-state index < -0.39 is 0 Å². The molecule has 0 aliphatic carbocycles. The smallest absolute Gasteiger partial charge is 0.228 e. The first-order chi connectivity index (χ1) is 7.31. The van der Waals surface area contributed by atoms with E-state index >= 15 is 0 Å². The summed E-state index contributed by atoms with van der Waals surface area (Å²) in [6.07, 6.45) is 4.39. The molecule has 1 aromatic heterocycles. The number of carbonyl (C=O) groups is 1. The zero-order valence-corrected chi connectivity index (χ0v) is 8.65. The Balaban J connectivity index is 2.23. The number of nitrogens with two attached hydrogens (primary N) is 1. The predicted molar refractivity (Wildman–Crippen MR) is 58.3 cm³/mol. The Labute approximate surface area is 89.1 Å². The molecule has 80 valence electrons. The molecule has 0 bridgehead atoms. The molecule has 1 amide bonds. The highest BCUT2D eigenvalue weighted by atomic mass is 16.2. The van der Waals surface area contributed by atoms with Crippen LogP contribution in [-0.4, -0.2) is 17.4 Å². The van der Waals surface area contributed by atoms with Gasteiger partial charge < -0.3 is 5.73 Å². The molecule has 1 aromatic rings. The molecule has 4 heteroatoms. The van der Waals surface area contributed by atoms with Crippen LogP contribution in [-0.2, 0) is 11.3 Å². The van der Waals surface area contributed by atoms with Gasteiger partial charge in [0.2, 0.25) is 5.91 Å². The minimum absolute atomic E-state index is 0.169. The number of hydrogen-bond acceptors (Lipinski definition) is 3. The number of carbonyl (C=O) groups excluding carboxylic acids is 1. The van der Waals surface area contributed by atoms with Crippen LogP contribution in [0.3, 0.4) is 0 Å². The molecule has 0 spiro atoms. The maximum atomic E-state index is 11.6. The van der Waals surface area contributed by atoms with Crippen LogP contribution >= 0.6 is 0 Å². The second kappa shape index (κ2) is 4.40. The zero-order chi connectivity index (χ0) is 10.7. The molecule has 0 unspecified atom stereocenters. The van der Waals surface area contributed by atoms with Gasteiger partial charge in [0.1, 0.15) is 5.82 Å². The van der Waals surface area contributed by atoms with Crippen molar-refractivity contribution >= 4 is 11.7 Å². The van der Waals surface area contributed by atoms with Crippen LogP contribution in [0.2, 0.25) is 0 Å². The number of amides is 1. The first-order valence-electron chi connectivity index (χ1n) is 5.26. The average molecular weight is 205 g/mol. The summed E-state index contributed by atoms with van der Waals surface area (Å²) < 4.78 is 0. The summed E-state index contributed by atoms with van der Waals surface area (Å²) >= 11 is 0. The fourth-order valence-corrected chi connectivity index (χ4v) is 1.78. The number of nitrogens with zero attached hydrogens (tertiary/aromatic N) is 2. The number of anilines is 1. The largest absolute Gasteiger partial charge is 0.326 e. The highest BCUT2D eigenvalue weighted by Crippen LogP contribution is 2.19. The van der Waals surface area contributed by atoms with Gasteiger partial charge in [0.05, 0.1) is 0 Å². The van der Waals surface area contributed by atoms with Gasteiger partial charge in [-0.1, -0.05) is 0 Å². The van der Waals surface area contributed by atoms with Crippen molar-refractivity contribution < 1.29 is 4.79 Å². The van der Waals surface area contributed by atoms with E-state index in [2.05, 4.69) is 4.98 Å². The summed E-state index contributed by atoms with van der Waals surface area (Å²) in [5.41, 5.74) is 6.56. The lowest BCUT2D eigenvalue weighted by atomic mass is 10.1. The quantitative estimate of drug-likeness (QED) is 0.785. The minimum Gasteiger partial charge on any atom is -0.326 e. The van der Waals surface area contributed by atoms with Crippen molar-refractivity contribution in [1.29, 1.82) is 0 Å². The molecule has 1 aliphatic rings. The van der Waals surface area contributed by atoms with Crippen molar-refractivity contribution in [2.24, 2.45) is 5.73 Å². The summed E-state index contributed by atoms with van der Waals surface area (Å²) in [5, 5.41) is 0. The molecule has 1 aliphatic heterocycles. The van der Waals surface area contributed by atoms with Gasteiger partial charge in [-0.15, -0.1) is 0 Å². The predicted octanol–water partition coefficient (Wildman–Crippen LogP) is 1.06. The third-order valence-electron chi connectivity index (χ3n) is 2.65. The van der Waals surface area contributed by atoms with Crippen molar-refractivity contribution in [2.45, 2.75) is 25.8 Å². The zero-order valence-electron chi connectivity index (χ0n) is 8.65. The Morgan fingerprint density at radius 3 is 3.07 bits per heavy atom. The first-order valence-corrected chi connectivity index (χ1v) is 5.26. The van der Waals surface area contributed by atoms with Gasteiger partial charge in [0.15, 0.2) is 0 Å². The van der Waals surface area contributed by atoms with E-state index in [1.165, 1.54) is 0 Å². The van der Waals surface area contributed by atoms with Gasteiger partial charge in [0.25, 0.3) is 0 Å². The highest BCUT2D eigenvalue weighted by Gasteiger charge is 2.20. The summed E-state index contributed by atoms with van der Waals surface area (Å²) in [6.45, 7) is 1.26. The molecular weight excluding hydrogens is 190 g/mol. The monoisotopic (exact) mass is 205 g/mol. The summed E-state index contributed by atoms with van der Waals surface area (Å²) in [6, 6.07) is 3.77. The van der Waals surface area contributed by atoms with Gasteiger partial charge >= 0.3 is 0 Å². The van der Waals surface area contributed by atoms with Gasteiger partial charge in [-0.25, -0.2) is 4.98 Å². The molecule has 4 nitrogen and oxygen atoms in total. The molecule has 2 N–H and O–H groups in total. The lowest BCUT2D eigenvalue weighted by molar-refractivity contribution is -0.119. The van der Waals surface area contributed by atoms with Crippen molar-refractivity contribution in [2.75, 3.05) is 11.4 Å². The SMILES string of the molecule is NCc1ccnc(N2CCCCC2=O)c1. The molecule has 2 heterocycles. The Morgan fingerprint density at radius 1 is 1.47 bits per heavy atom. The lowest BCUT2D eigenvalue weighted by Crippen LogP contribution is -2.35. The van der Waals surface area contributed by atoms with E-state index in [1.54, 1.807) is 11.1 Å². The van der Waals surface area contributed by atoms with Crippen LogP contribution in [0.5, 0.6) is 0 Å². The van der Waals surface area contributed by atoms with Crippen LogP contribution in [0.4, 0.5) is 5.82 Å². The molecule has 1 saturated heterocycles. The molecular formula is C11H15N3O. The molecule has 0 aromatic carbocycles. The number of hydrogen-bond donors (Lipinski definition) is 1. The van der Waals surface area contributed by atoms with Crippen molar-refractivity contribution in [3.63, 3.8) is 0 Å². The molecule has 0 atom stereocenters. The Hall–Kier alpha value is -1.42. The molecule has 1 fully saturated rings. The summed E-state index contributed by atoms with van der Waals surface area (Å²) in [4.78, 5) is 17.6. The van der Waals surface area contributed by atoms with E-state index in [9.17, 15) is 4.79 Å². The Kier molecular flexibility index (Phi) is 2.97. The molecule has 0 radical (unpaired) electrons. The maximum absolute atomic E-state index is 11.6. The Bertz CT molecular complexity index is 365. The van der Waals surface area contributed by atoms with Crippen LogP contribution in [0.1, 0.15) is 24.8 Å². The topological polar surface area (TPSA) is 59.2 Å². The third kappa shape index (κ3) is 2.15. The number of piperidine rings is 1. The summed E-state index contributed by atoms with van der Waals surface area (Å²) in [7, 11) is 0. The van der Waals surface area contributed by atoms with Crippen LogP contribution in [0, 0.1) is 0 Å². The highest BCUT2D eigenvalue weighted by molar-refractivity contribution is 5.93. The van der Waals surface area contributed by atoms with Gasteiger partial charge in [-0.3, -0.25) is 9.69 Å². The van der Waals surface area contributed by atoms with Crippen LogP contribution in [0.15, 0.2) is 18.3 Å². The van der Waals surface area contributed by atoms with Gasteiger partial charge in [-0.05, 0) is 30.5 Å². The summed E-state index contributed by atoms with van der Waals surface area (Å²) in [5.74, 6) is 0.908. The van der Waals surface area contributed by atoms with E-state index in [4.69, 9.17) is 5.73 Å². The normalized spacial score (nSPS) is 16.9. The number of aromatic nitrogens is 1. The number of pyridine rings is 1. The van der Waals surface area contributed by atoms with E-state index in [-0.39, 0.29) is 5.91 Å². The van der Waals surface area contributed by atoms with Crippen LogP contribution < -0.4 is 10.6 Å². The van der Waals surface area contributed by atoms with Crippen molar-refractivity contribution in [3.8, 4) is 0 Å².